The maximum Gasteiger partial charge on any atom is 0.165 e. The fourth-order valence-corrected chi connectivity index (χ4v) is 2.17. The topological polar surface area (TPSA) is 56.7 Å². The third-order valence-electron chi connectivity index (χ3n) is 2.89. The van der Waals surface area contributed by atoms with Crippen molar-refractivity contribution in [1.29, 1.82) is 0 Å². The van der Waals surface area contributed by atoms with Crippen LogP contribution in [0.3, 0.4) is 0 Å². The summed E-state index contributed by atoms with van der Waals surface area (Å²) in [6.45, 7) is 5.33. The molecule has 0 fully saturated rings. The Morgan fingerprint density at radius 3 is 2.78 bits per heavy atom. The number of hydrogen-bond donors (Lipinski definition) is 1. The first-order valence-corrected chi connectivity index (χ1v) is 6.44. The van der Waals surface area contributed by atoms with Crippen LogP contribution in [0.5, 0.6) is 0 Å². The van der Waals surface area contributed by atoms with Crippen LogP contribution < -0.4 is 5.73 Å². The van der Waals surface area contributed by atoms with E-state index in [9.17, 15) is 0 Å². The van der Waals surface area contributed by atoms with Gasteiger partial charge in [0.1, 0.15) is 5.82 Å². The standard InChI is InChI=1S/C13H17ClN4/c1-3-7-18-11(8-15)16-17-13(18)10-6-4-5-9(2)12(10)14/h4-6H,3,7-8,15H2,1-2H3. The summed E-state index contributed by atoms with van der Waals surface area (Å²) in [6.07, 6.45) is 1.00. The van der Waals surface area contributed by atoms with Gasteiger partial charge >= 0.3 is 0 Å². The molecule has 5 heteroatoms. The van der Waals surface area contributed by atoms with E-state index >= 15 is 0 Å². The number of aryl methyl sites for hydroxylation is 1. The van der Waals surface area contributed by atoms with E-state index in [0.717, 1.165) is 40.8 Å². The molecule has 0 bridgehead atoms. The van der Waals surface area contributed by atoms with Crippen molar-refractivity contribution in [3.8, 4) is 11.4 Å². The van der Waals surface area contributed by atoms with Crippen molar-refractivity contribution in [2.45, 2.75) is 33.4 Å². The van der Waals surface area contributed by atoms with E-state index in [2.05, 4.69) is 17.1 Å². The molecule has 2 aromatic rings. The summed E-state index contributed by atoms with van der Waals surface area (Å²) in [6, 6.07) is 5.92. The Labute approximate surface area is 112 Å². The lowest BCUT2D eigenvalue weighted by Crippen LogP contribution is -2.09. The third-order valence-corrected chi connectivity index (χ3v) is 3.39. The summed E-state index contributed by atoms with van der Waals surface area (Å²) in [5, 5.41) is 9.08. The summed E-state index contributed by atoms with van der Waals surface area (Å²) in [7, 11) is 0. The van der Waals surface area contributed by atoms with Crippen molar-refractivity contribution in [3.05, 3.63) is 34.6 Å². The molecule has 0 radical (unpaired) electrons. The van der Waals surface area contributed by atoms with Gasteiger partial charge in [0, 0.05) is 12.1 Å². The van der Waals surface area contributed by atoms with E-state index in [-0.39, 0.29) is 0 Å². The third kappa shape index (κ3) is 2.26. The zero-order valence-corrected chi connectivity index (χ0v) is 11.4. The Morgan fingerprint density at radius 2 is 2.11 bits per heavy atom. The molecule has 0 aliphatic rings. The number of nitrogens with zero attached hydrogens (tertiary/aromatic N) is 3. The van der Waals surface area contributed by atoms with Crippen molar-refractivity contribution >= 4 is 11.6 Å². The minimum absolute atomic E-state index is 0.385. The van der Waals surface area contributed by atoms with Crippen molar-refractivity contribution in [3.63, 3.8) is 0 Å². The van der Waals surface area contributed by atoms with E-state index in [1.165, 1.54) is 0 Å². The molecule has 1 aromatic heterocycles. The van der Waals surface area contributed by atoms with Crippen molar-refractivity contribution in [1.82, 2.24) is 14.8 Å². The molecule has 0 saturated heterocycles. The fraction of sp³-hybridized carbons (Fsp3) is 0.385. The molecule has 1 heterocycles. The molecule has 0 spiro atoms. The first-order valence-electron chi connectivity index (χ1n) is 6.06. The predicted molar refractivity (Wildman–Crippen MR) is 73.4 cm³/mol. The molecule has 0 unspecified atom stereocenters. The second-order valence-electron chi connectivity index (χ2n) is 4.23. The number of benzene rings is 1. The van der Waals surface area contributed by atoms with Gasteiger partial charge in [-0.3, -0.25) is 0 Å². The molecular weight excluding hydrogens is 248 g/mol. The Hall–Kier alpha value is -1.39. The van der Waals surface area contributed by atoms with Crippen LogP contribution in [0.4, 0.5) is 0 Å². The summed E-state index contributed by atoms with van der Waals surface area (Å²) < 4.78 is 2.04. The zero-order valence-electron chi connectivity index (χ0n) is 10.7. The molecule has 0 amide bonds. The number of hydrogen-bond acceptors (Lipinski definition) is 3. The molecule has 0 atom stereocenters. The number of halogens is 1. The lowest BCUT2D eigenvalue weighted by molar-refractivity contribution is 0.644. The molecular formula is C13H17ClN4. The molecule has 0 aliphatic carbocycles. The first-order chi connectivity index (χ1) is 8.69. The largest absolute Gasteiger partial charge is 0.324 e. The number of rotatable bonds is 4. The molecule has 2 N–H and O–H groups in total. The molecule has 0 aliphatic heterocycles. The number of aromatic nitrogens is 3. The van der Waals surface area contributed by atoms with Gasteiger partial charge in [-0.2, -0.15) is 0 Å². The van der Waals surface area contributed by atoms with Gasteiger partial charge in [0.05, 0.1) is 11.6 Å². The Morgan fingerprint density at radius 1 is 1.33 bits per heavy atom. The van der Waals surface area contributed by atoms with Crippen LogP contribution in [0.2, 0.25) is 5.02 Å². The van der Waals surface area contributed by atoms with E-state index in [4.69, 9.17) is 17.3 Å². The second-order valence-corrected chi connectivity index (χ2v) is 4.61. The van der Waals surface area contributed by atoms with Crippen LogP contribution >= 0.6 is 11.6 Å². The van der Waals surface area contributed by atoms with E-state index in [1.807, 2.05) is 29.7 Å². The van der Waals surface area contributed by atoms with Gasteiger partial charge in [-0.05, 0) is 25.0 Å². The normalized spacial score (nSPS) is 10.9. The fourth-order valence-electron chi connectivity index (χ4n) is 1.96. The summed E-state index contributed by atoms with van der Waals surface area (Å²) in [5.74, 6) is 1.59. The van der Waals surface area contributed by atoms with Gasteiger partial charge in [-0.15, -0.1) is 10.2 Å². The number of nitrogens with two attached hydrogens (primary N) is 1. The van der Waals surface area contributed by atoms with Crippen molar-refractivity contribution < 1.29 is 0 Å². The van der Waals surface area contributed by atoms with Crippen molar-refractivity contribution in [2.75, 3.05) is 0 Å². The van der Waals surface area contributed by atoms with Crippen LogP contribution in [0.15, 0.2) is 18.2 Å². The van der Waals surface area contributed by atoms with Crippen molar-refractivity contribution in [2.24, 2.45) is 5.73 Å². The highest BCUT2D eigenvalue weighted by molar-refractivity contribution is 6.33. The van der Waals surface area contributed by atoms with Gasteiger partial charge < -0.3 is 10.3 Å². The van der Waals surface area contributed by atoms with Gasteiger partial charge in [-0.1, -0.05) is 30.7 Å². The van der Waals surface area contributed by atoms with E-state index in [0.29, 0.717) is 6.54 Å². The van der Waals surface area contributed by atoms with E-state index < -0.39 is 0 Å². The SMILES string of the molecule is CCCn1c(CN)nnc1-c1cccc(C)c1Cl. The Kier molecular flexibility index (Phi) is 3.99. The van der Waals surface area contributed by atoms with Crippen LogP contribution in [0.1, 0.15) is 24.7 Å². The summed E-state index contributed by atoms with van der Waals surface area (Å²) in [4.78, 5) is 0. The maximum atomic E-state index is 6.34. The quantitative estimate of drug-likeness (QED) is 0.924. The van der Waals surface area contributed by atoms with Crippen LogP contribution in [-0.4, -0.2) is 14.8 Å². The average molecular weight is 265 g/mol. The molecule has 1 aromatic carbocycles. The maximum absolute atomic E-state index is 6.34. The van der Waals surface area contributed by atoms with Gasteiger partial charge in [0.25, 0.3) is 0 Å². The Balaban J connectivity index is 2.56. The van der Waals surface area contributed by atoms with Crippen LogP contribution in [0.25, 0.3) is 11.4 Å². The lowest BCUT2D eigenvalue weighted by Gasteiger charge is -2.10. The summed E-state index contributed by atoms with van der Waals surface area (Å²) >= 11 is 6.34. The minimum atomic E-state index is 0.385. The predicted octanol–water partition coefficient (Wildman–Crippen LogP) is 2.78. The highest BCUT2D eigenvalue weighted by Gasteiger charge is 2.15. The molecule has 4 nitrogen and oxygen atoms in total. The smallest absolute Gasteiger partial charge is 0.165 e. The van der Waals surface area contributed by atoms with Gasteiger partial charge in [0.2, 0.25) is 0 Å². The average Bonchev–Trinajstić information content (AvgIpc) is 2.76. The monoisotopic (exact) mass is 264 g/mol. The highest BCUT2D eigenvalue weighted by atomic mass is 35.5. The Bertz CT molecular complexity index is 548. The van der Waals surface area contributed by atoms with E-state index in [1.54, 1.807) is 0 Å². The lowest BCUT2D eigenvalue weighted by atomic mass is 10.1. The molecule has 18 heavy (non-hydrogen) atoms. The highest BCUT2D eigenvalue weighted by Crippen LogP contribution is 2.29. The summed E-state index contributed by atoms with van der Waals surface area (Å²) in [5.41, 5.74) is 7.63. The van der Waals surface area contributed by atoms with Crippen LogP contribution in [0, 0.1) is 6.92 Å². The molecule has 0 saturated carbocycles. The zero-order chi connectivity index (χ0) is 13.1. The molecule has 2 rings (SSSR count). The van der Waals surface area contributed by atoms with Gasteiger partial charge in [0.15, 0.2) is 5.82 Å². The molecule has 96 valence electrons. The second kappa shape index (κ2) is 5.50. The van der Waals surface area contributed by atoms with Crippen LogP contribution in [-0.2, 0) is 13.1 Å². The first kappa shape index (κ1) is 13.1. The minimum Gasteiger partial charge on any atom is -0.324 e. The van der Waals surface area contributed by atoms with Gasteiger partial charge in [-0.25, -0.2) is 0 Å².